The summed E-state index contributed by atoms with van der Waals surface area (Å²) in [6, 6.07) is 11.7. The molecule has 1 unspecified atom stereocenters. The Labute approximate surface area is 120 Å². The van der Waals surface area contributed by atoms with E-state index >= 15 is 0 Å². The number of aryl methyl sites for hydroxylation is 2. The molecule has 0 spiro atoms. The summed E-state index contributed by atoms with van der Waals surface area (Å²) >= 11 is 0. The van der Waals surface area contributed by atoms with Gasteiger partial charge in [-0.15, -0.1) is 0 Å². The first kappa shape index (κ1) is 14.4. The van der Waals surface area contributed by atoms with E-state index in [-0.39, 0.29) is 6.04 Å². The van der Waals surface area contributed by atoms with Crippen molar-refractivity contribution in [2.24, 2.45) is 5.73 Å². The van der Waals surface area contributed by atoms with Gasteiger partial charge in [0.1, 0.15) is 11.5 Å². The van der Waals surface area contributed by atoms with Crippen LogP contribution in [-0.4, -0.2) is 14.2 Å². The van der Waals surface area contributed by atoms with E-state index in [4.69, 9.17) is 15.2 Å². The fourth-order valence-electron chi connectivity index (χ4n) is 2.44. The third-order valence-corrected chi connectivity index (χ3v) is 3.55. The Morgan fingerprint density at radius 3 is 2.10 bits per heavy atom. The average Bonchev–Trinajstić information content (AvgIpc) is 2.48. The van der Waals surface area contributed by atoms with E-state index in [9.17, 15) is 0 Å². The van der Waals surface area contributed by atoms with Gasteiger partial charge < -0.3 is 15.2 Å². The number of methoxy groups -OCH3 is 2. The summed E-state index contributed by atoms with van der Waals surface area (Å²) in [5, 5.41) is 0. The minimum Gasteiger partial charge on any atom is -0.496 e. The van der Waals surface area contributed by atoms with Crippen LogP contribution in [0.3, 0.4) is 0 Å². The van der Waals surface area contributed by atoms with Crippen molar-refractivity contribution in [2.45, 2.75) is 19.9 Å². The maximum absolute atomic E-state index is 6.48. The minimum atomic E-state index is -0.277. The van der Waals surface area contributed by atoms with E-state index in [1.54, 1.807) is 14.2 Å². The number of benzene rings is 2. The molecule has 0 aromatic heterocycles. The van der Waals surface area contributed by atoms with Crippen LogP contribution in [0.25, 0.3) is 0 Å². The lowest BCUT2D eigenvalue weighted by atomic mass is 9.93. The maximum atomic E-state index is 6.48. The van der Waals surface area contributed by atoms with Gasteiger partial charge in [0.05, 0.1) is 25.8 Å². The predicted molar refractivity (Wildman–Crippen MR) is 81.5 cm³/mol. The second-order valence-electron chi connectivity index (χ2n) is 4.91. The number of rotatable bonds is 4. The first-order chi connectivity index (χ1) is 9.58. The Kier molecular flexibility index (Phi) is 4.30. The van der Waals surface area contributed by atoms with Gasteiger partial charge in [-0.25, -0.2) is 0 Å². The highest BCUT2D eigenvalue weighted by Gasteiger charge is 2.20. The third kappa shape index (κ3) is 2.63. The summed E-state index contributed by atoms with van der Waals surface area (Å²) in [6.45, 7) is 4.13. The quantitative estimate of drug-likeness (QED) is 0.927. The van der Waals surface area contributed by atoms with Crippen molar-refractivity contribution in [3.05, 3.63) is 58.7 Å². The second kappa shape index (κ2) is 5.97. The molecule has 0 saturated carbocycles. The Morgan fingerprint density at radius 1 is 0.950 bits per heavy atom. The van der Waals surface area contributed by atoms with Crippen LogP contribution >= 0.6 is 0 Å². The Hall–Kier alpha value is -2.00. The minimum absolute atomic E-state index is 0.277. The molecule has 2 N–H and O–H groups in total. The first-order valence-electron chi connectivity index (χ1n) is 6.62. The van der Waals surface area contributed by atoms with Gasteiger partial charge in [-0.05, 0) is 37.1 Å². The molecule has 0 heterocycles. The van der Waals surface area contributed by atoms with Crippen molar-refractivity contribution in [1.29, 1.82) is 0 Å². The SMILES string of the molecule is COc1cccc(OC)c1C(N)c1cc(C)ccc1C. The Balaban J connectivity index is 2.58. The van der Waals surface area contributed by atoms with Gasteiger partial charge >= 0.3 is 0 Å². The van der Waals surface area contributed by atoms with Crippen LogP contribution in [0, 0.1) is 13.8 Å². The van der Waals surface area contributed by atoms with Crippen LogP contribution < -0.4 is 15.2 Å². The molecule has 0 saturated heterocycles. The Morgan fingerprint density at radius 2 is 1.55 bits per heavy atom. The molecule has 0 amide bonds. The molecule has 0 fully saturated rings. The van der Waals surface area contributed by atoms with Gasteiger partial charge in [-0.3, -0.25) is 0 Å². The van der Waals surface area contributed by atoms with E-state index in [1.807, 2.05) is 18.2 Å². The molecule has 20 heavy (non-hydrogen) atoms. The summed E-state index contributed by atoms with van der Waals surface area (Å²) in [6.07, 6.45) is 0. The molecule has 0 aliphatic carbocycles. The zero-order chi connectivity index (χ0) is 14.7. The lowest BCUT2D eigenvalue weighted by Gasteiger charge is -2.21. The normalized spacial score (nSPS) is 12.1. The van der Waals surface area contributed by atoms with Crippen LogP contribution in [0.4, 0.5) is 0 Å². The number of hydrogen-bond donors (Lipinski definition) is 1. The fourth-order valence-corrected chi connectivity index (χ4v) is 2.44. The summed E-state index contributed by atoms with van der Waals surface area (Å²) < 4.78 is 10.9. The van der Waals surface area contributed by atoms with E-state index in [2.05, 4.69) is 32.0 Å². The molecule has 2 aromatic carbocycles. The van der Waals surface area contributed by atoms with Crippen molar-refractivity contribution >= 4 is 0 Å². The summed E-state index contributed by atoms with van der Waals surface area (Å²) in [5.74, 6) is 1.50. The molecular weight excluding hydrogens is 250 g/mol. The molecule has 2 rings (SSSR count). The number of ether oxygens (including phenoxy) is 2. The largest absolute Gasteiger partial charge is 0.496 e. The zero-order valence-corrected chi connectivity index (χ0v) is 12.4. The summed E-state index contributed by atoms with van der Waals surface area (Å²) in [7, 11) is 3.29. The molecule has 1 atom stereocenters. The molecule has 3 heteroatoms. The summed E-state index contributed by atoms with van der Waals surface area (Å²) in [4.78, 5) is 0. The highest BCUT2D eigenvalue weighted by molar-refractivity contribution is 5.51. The second-order valence-corrected chi connectivity index (χ2v) is 4.91. The van der Waals surface area contributed by atoms with Crippen LogP contribution in [-0.2, 0) is 0 Å². The summed E-state index contributed by atoms with van der Waals surface area (Å²) in [5.41, 5.74) is 10.8. The van der Waals surface area contributed by atoms with Gasteiger partial charge in [0.2, 0.25) is 0 Å². The first-order valence-corrected chi connectivity index (χ1v) is 6.62. The van der Waals surface area contributed by atoms with Gasteiger partial charge in [-0.2, -0.15) is 0 Å². The van der Waals surface area contributed by atoms with Crippen LogP contribution in [0.1, 0.15) is 28.3 Å². The molecule has 3 nitrogen and oxygen atoms in total. The maximum Gasteiger partial charge on any atom is 0.127 e. The molecule has 0 radical (unpaired) electrons. The smallest absolute Gasteiger partial charge is 0.127 e. The average molecular weight is 271 g/mol. The topological polar surface area (TPSA) is 44.5 Å². The lowest BCUT2D eigenvalue weighted by molar-refractivity contribution is 0.382. The number of nitrogens with two attached hydrogens (primary N) is 1. The highest BCUT2D eigenvalue weighted by Crippen LogP contribution is 2.37. The van der Waals surface area contributed by atoms with Crippen molar-refractivity contribution in [2.75, 3.05) is 14.2 Å². The Bertz CT molecular complexity index is 586. The van der Waals surface area contributed by atoms with Gasteiger partial charge in [0.15, 0.2) is 0 Å². The molecular formula is C17H21NO2. The molecule has 0 aliphatic heterocycles. The van der Waals surface area contributed by atoms with Gasteiger partial charge in [-0.1, -0.05) is 29.8 Å². The molecule has 2 aromatic rings. The van der Waals surface area contributed by atoms with Crippen molar-refractivity contribution < 1.29 is 9.47 Å². The third-order valence-electron chi connectivity index (χ3n) is 3.55. The standard InChI is InChI=1S/C17H21NO2/c1-11-8-9-12(2)13(10-11)17(18)16-14(19-3)6-5-7-15(16)20-4/h5-10,17H,18H2,1-4H3. The van der Waals surface area contributed by atoms with E-state index in [0.717, 1.165) is 28.2 Å². The van der Waals surface area contributed by atoms with E-state index in [0.29, 0.717) is 0 Å². The monoisotopic (exact) mass is 271 g/mol. The fraction of sp³-hybridized carbons (Fsp3) is 0.294. The zero-order valence-electron chi connectivity index (χ0n) is 12.4. The van der Waals surface area contributed by atoms with E-state index < -0.39 is 0 Å². The van der Waals surface area contributed by atoms with Gasteiger partial charge in [0.25, 0.3) is 0 Å². The van der Waals surface area contributed by atoms with Crippen molar-refractivity contribution in [1.82, 2.24) is 0 Å². The lowest BCUT2D eigenvalue weighted by Crippen LogP contribution is -2.15. The number of hydrogen-bond acceptors (Lipinski definition) is 3. The van der Waals surface area contributed by atoms with Crippen LogP contribution in [0.5, 0.6) is 11.5 Å². The highest BCUT2D eigenvalue weighted by atomic mass is 16.5. The van der Waals surface area contributed by atoms with Crippen molar-refractivity contribution in [3.63, 3.8) is 0 Å². The van der Waals surface area contributed by atoms with Crippen LogP contribution in [0.15, 0.2) is 36.4 Å². The van der Waals surface area contributed by atoms with Gasteiger partial charge in [0, 0.05) is 0 Å². The van der Waals surface area contributed by atoms with Crippen molar-refractivity contribution in [3.8, 4) is 11.5 Å². The molecule has 106 valence electrons. The van der Waals surface area contributed by atoms with Crippen LogP contribution in [0.2, 0.25) is 0 Å². The van der Waals surface area contributed by atoms with E-state index in [1.165, 1.54) is 5.56 Å². The molecule has 0 bridgehead atoms. The molecule has 0 aliphatic rings. The predicted octanol–water partition coefficient (Wildman–Crippen LogP) is 3.37.